The molecule has 104 valence electrons. The number of nitrogens with two attached hydrogens (primary N) is 2. The van der Waals surface area contributed by atoms with Crippen LogP contribution in [-0.2, 0) is 4.79 Å². The maximum Gasteiger partial charge on any atom is 0.248 e. The second kappa shape index (κ2) is 7.76. The summed E-state index contributed by atoms with van der Waals surface area (Å²) in [6.45, 7) is 0.633. The van der Waals surface area contributed by atoms with E-state index in [0.717, 1.165) is 19.3 Å². The van der Waals surface area contributed by atoms with Crippen molar-refractivity contribution in [2.45, 2.75) is 25.7 Å². The van der Waals surface area contributed by atoms with Gasteiger partial charge in [-0.1, -0.05) is 18.0 Å². The van der Waals surface area contributed by atoms with Crippen LogP contribution < -0.4 is 16.8 Å². The number of anilines is 1. The highest BCUT2D eigenvalue weighted by Crippen LogP contribution is 2.23. The molecule has 0 atom stereocenters. The Balaban J connectivity index is 2.58. The van der Waals surface area contributed by atoms with E-state index in [9.17, 15) is 9.59 Å². The van der Waals surface area contributed by atoms with Crippen molar-refractivity contribution in [3.8, 4) is 0 Å². The molecule has 0 heterocycles. The number of amides is 2. The quantitative estimate of drug-likeness (QED) is 0.667. The molecule has 0 aliphatic heterocycles. The van der Waals surface area contributed by atoms with Gasteiger partial charge in [-0.2, -0.15) is 0 Å². The Labute approximate surface area is 117 Å². The number of carbonyl (C=O) groups excluding carboxylic acids is 2. The van der Waals surface area contributed by atoms with Gasteiger partial charge in [0, 0.05) is 12.0 Å². The summed E-state index contributed by atoms with van der Waals surface area (Å²) in [6.07, 6.45) is 3.00. The summed E-state index contributed by atoms with van der Waals surface area (Å²) >= 11 is 5.95. The number of halogens is 1. The molecule has 6 heteroatoms. The molecule has 0 aliphatic carbocycles. The highest BCUT2D eigenvalue weighted by Gasteiger charge is 2.09. The van der Waals surface area contributed by atoms with Crippen LogP contribution in [0.1, 0.15) is 36.0 Å². The Bertz CT molecular complexity index is 463. The summed E-state index contributed by atoms with van der Waals surface area (Å²) in [5.74, 6) is -0.698. The topological polar surface area (TPSA) is 98.2 Å². The molecule has 0 spiro atoms. The third-order valence-corrected chi connectivity index (χ3v) is 2.96. The van der Waals surface area contributed by atoms with Gasteiger partial charge in [-0.3, -0.25) is 9.59 Å². The maximum atomic E-state index is 11.7. The van der Waals surface area contributed by atoms with Gasteiger partial charge < -0.3 is 16.8 Å². The molecule has 0 radical (unpaired) electrons. The largest absolute Gasteiger partial charge is 0.366 e. The molecule has 0 aromatic heterocycles. The average molecular weight is 284 g/mol. The van der Waals surface area contributed by atoms with Crippen LogP contribution >= 0.6 is 11.6 Å². The van der Waals surface area contributed by atoms with Crippen LogP contribution in [0.4, 0.5) is 5.69 Å². The average Bonchev–Trinajstić information content (AvgIpc) is 2.37. The van der Waals surface area contributed by atoms with E-state index >= 15 is 0 Å². The molecule has 1 rings (SSSR count). The first-order valence-corrected chi connectivity index (χ1v) is 6.51. The van der Waals surface area contributed by atoms with Crippen molar-refractivity contribution in [1.29, 1.82) is 0 Å². The zero-order chi connectivity index (χ0) is 14.3. The summed E-state index contributed by atoms with van der Waals surface area (Å²) in [4.78, 5) is 22.7. The van der Waals surface area contributed by atoms with Gasteiger partial charge in [0.2, 0.25) is 11.8 Å². The van der Waals surface area contributed by atoms with Crippen molar-refractivity contribution in [2.75, 3.05) is 11.9 Å². The SMILES string of the molecule is NCCCCCC(=O)Nc1cc(C(N)=O)ccc1Cl. The Morgan fingerprint density at radius 1 is 1.21 bits per heavy atom. The van der Waals surface area contributed by atoms with Crippen molar-refractivity contribution in [2.24, 2.45) is 11.5 Å². The van der Waals surface area contributed by atoms with Crippen LogP contribution in [0, 0.1) is 0 Å². The minimum Gasteiger partial charge on any atom is -0.366 e. The number of rotatable bonds is 7. The minimum atomic E-state index is -0.560. The molecule has 2 amide bonds. The summed E-state index contributed by atoms with van der Waals surface area (Å²) in [5, 5.41) is 3.05. The van der Waals surface area contributed by atoms with E-state index in [0.29, 0.717) is 29.2 Å². The third-order valence-electron chi connectivity index (χ3n) is 2.63. The standard InChI is InChI=1S/C13H18ClN3O2/c14-10-6-5-9(13(16)19)8-11(10)17-12(18)4-2-1-3-7-15/h5-6,8H,1-4,7,15H2,(H2,16,19)(H,17,18). The fraction of sp³-hybridized carbons (Fsp3) is 0.385. The molecule has 0 saturated carbocycles. The second-order valence-corrected chi connectivity index (χ2v) is 4.61. The first kappa shape index (κ1) is 15.5. The lowest BCUT2D eigenvalue weighted by atomic mass is 10.1. The van der Waals surface area contributed by atoms with E-state index in [4.69, 9.17) is 23.1 Å². The van der Waals surface area contributed by atoms with Crippen LogP contribution in [0.3, 0.4) is 0 Å². The van der Waals surface area contributed by atoms with E-state index in [1.165, 1.54) is 18.2 Å². The molecule has 0 saturated heterocycles. The smallest absolute Gasteiger partial charge is 0.248 e. The van der Waals surface area contributed by atoms with E-state index < -0.39 is 5.91 Å². The normalized spacial score (nSPS) is 10.2. The zero-order valence-corrected chi connectivity index (χ0v) is 11.4. The number of primary amides is 1. The minimum absolute atomic E-state index is 0.138. The van der Waals surface area contributed by atoms with Gasteiger partial charge in [-0.15, -0.1) is 0 Å². The van der Waals surface area contributed by atoms with Gasteiger partial charge in [-0.05, 0) is 37.6 Å². The van der Waals surface area contributed by atoms with Gasteiger partial charge in [0.15, 0.2) is 0 Å². The molecule has 5 nitrogen and oxygen atoms in total. The van der Waals surface area contributed by atoms with Crippen molar-refractivity contribution < 1.29 is 9.59 Å². The fourth-order valence-electron chi connectivity index (χ4n) is 1.59. The predicted octanol–water partition coefficient (Wildman–Crippen LogP) is 1.90. The highest BCUT2D eigenvalue weighted by molar-refractivity contribution is 6.33. The maximum absolute atomic E-state index is 11.7. The molecule has 5 N–H and O–H groups in total. The molecule has 1 aromatic rings. The highest BCUT2D eigenvalue weighted by atomic mass is 35.5. The van der Waals surface area contributed by atoms with E-state index in [-0.39, 0.29) is 5.91 Å². The Kier molecular flexibility index (Phi) is 6.32. The number of carbonyl (C=O) groups is 2. The third kappa shape index (κ3) is 5.28. The van der Waals surface area contributed by atoms with Crippen molar-refractivity contribution in [1.82, 2.24) is 0 Å². The molecule has 0 unspecified atom stereocenters. The van der Waals surface area contributed by atoms with Crippen LogP contribution in [0.5, 0.6) is 0 Å². The van der Waals surface area contributed by atoms with Crippen molar-refractivity contribution in [3.05, 3.63) is 28.8 Å². The molecule has 19 heavy (non-hydrogen) atoms. The van der Waals surface area contributed by atoms with Crippen LogP contribution in [0.25, 0.3) is 0 Å². The van der Waals surface area contributed by atoms with Crippen molar-refractivity contribution >= 4 is 29.1 Å². The Hall–Kier alpha value is -1.59. The monoisotopic (exact) mass is 283 g/mol. The van der Waals surface area contributed by atoms with E-state index in [1.54, 1.807) is 0 Å². The van der Waals surface area contributed by atoms with Crippen molar-refractivity contribution in [3.63, 3.8) is 0 Å². The van der Waals surface area contributed by atoms with Gasteiger partial charge in [0.1, 0.15) is 0 Å². The van der Waals surface area contributed by atoms with E-state index in [1.807, 2.05) is 0 Å². The van der Waals surface area contributed by atoms with Gasteiger partial charge in [0.25, 0.3) is 0 Å². The van der Waals surface area contributed by atoms with Crippen LogP contribution in [0.15, 0.2) is 18.2 Å². The molecule has 0 fully saturated rings. The van der Waals surface area contributed by atoms with E-state index in [2.05, 4.69) is 5.32 Å². The number of unbranched alkanes of at least 4 members (excludes halogenated alkanes) is 2. The molecule has 0 bridgehead atoms. The Morgan fingerprint density at radius 2 is 1.95 bits per heavy atom. The summed E-state index contributed by atoms with van der Waals surface area (Å²) in [5.41, 5.74) is 11.3. The molecular weight excluding hydrogens is 266 g/mol. The Morgan fingerprint density at radius 3 is 2.58 bits per heavy atom. The first-order chi connectivity index (χ1) is 9.04. The lowest BCUT2D eigenvalue weighted by molar-refractivity contribution is -0.116. The number of hydrogen-bond acceptors (Lipinski definition) is 3. The van der Waals surface area contributed by atoms with Crippen LogP contribution in [0.2, 0.25) is 5.02 Å². The number of hydrogen-bond donors (Lipinski definition) is 3. The number of nitrogens with one attached hydrogen (secondary N) is 1. The first-order valence-electron chi connectivity index (χ1n) is 6.14. The second-order valence-electron chi connectivity index (χ2n) is 4.21. The number of benzene rings is 1. The fourth-order valence-corrected chi connectivity index (χ4v) is 1.76. The van der Waals surface area contributed by atoms with Gasteiger partial charge in [-0.25, -0.2) is 0 Å². The lowest BCUT2D eigenvalue weighted by Gasteiger charge is -2.08. The summed E-state index contributed by atoms with van der Waals surface area (Å²) in [6, 6.07) is 4.52. The zero-order valence-electron chi connectivity index (χ0n) is 10.6. The summed E-state index contributed by atoms with van der Waals surface area (Å²) < 4.78 is 0. The van der Waals surface area contributed by atoms with Gasteiger partial charge in [0.05, 0.1) is 10.7 Å². The summed E-state index contributed by atoms with van der Waals surface area (Å²) in [7, 11) is 0. The molecule has 1 aromatic carbocycles. The molecular formula is C13H18ClN3O2. The predicted molar refractivity (Wildman–Crippen MR) is 76.1 cm³/mol. The lowest BCUT2D eigenvalue weighted by Crippen LogP contribution is -2.14. The van der Waals surface area contributed by atoms with Gasteiger partial charge >= 0.3 is 0 Å². The molecule has 0 aliphatic rings. The van der Waals surface area contributed by atoms with Crippen LogP contribution in [-0.4, -0.2) is 18.4 Å².